The highest BCUT2D eigenvalue weighted by atomic mass is 19.1. The van der Waals surface area contributed by atoms with Crippen molar-refractivity contribution < 1.29 is 13.9 Å². The molecular weight excluding hydrogens is 461 g/mol. The molecule has 0 unspecified atom stereocenters. The van der Waals surface area contributed by atoms with Crippen LogP contribution in [-0.2, 0) is 11.4 Å². The second kappa shape index (κ2) is 8.56. The molecule has 4 heterocycles. The first-order valence-corrected chi connectivity index (χ1v) is 11.5. The van der Waals surface area contributed by atoms with Crippen LogP contribution in [0.3, 0.4) is 0 Å². The summed E-state index contributed by atoms with van der Waals surface area (Å²) in [6.45, 7) is 3.99. The quantitative estimate of drug-likeness (QED) is 0.404. The van der Waals surface area contributed by atoms with Gasteiger partial charge in [0.25, 0.3) is 0 Å². The molecule has 0 saturated heterocycles. The fourth-order valence-electron chi connectivity index (χ4n) is 4.61. The van der Waals surface area contributed by atoms with E-state index in [2.05, 4.69) is 20.6 Å². The smallest absolute Gasteiger partial charge is 0.226 e. The monoisotopic (exact) mass is 483 g/mol. The molecule has 1 amide bonds. The van der Waals surface area contributed by atoms with Crippen molar-refractivity contribution in [3.63, 3.8) is 0 Å². The van der Waals surface area contributed by atoms with Crippen molar-refractivity contribution in [2.24, 2.45) is 0 Å². The third-order valence-corrected chi connectivity index (χ3v) is 6.28. The van der Waals surface area contributed by atoms with Crippen molar-refractivity contribution in [3.05, 3.63) is 94.7 Å². The van der Waals surface area contributed by atoms with Crippen molar-refractivity contribution in [2.75, 3.05) is 5.32 Å². The zero-order valence-electron chi connectivity index (χ0n) is 19.6. The zero-order chi connectivity index (χ0) is 24.8. The number of carbonyl (C=O) groups excluding carboxylic acids is 1. The van der Waals surface area contributed by atoms with E-state index in [4.69, 9.17) is 9.84 Å². The van der Waals surface area contributed by atoms with Gasteiger partial charge in [-0.15, -0.1) is 15.3 Å². The van der Waals surface area contributed by atoms with Gasteiger partial charge < -0.3 is 10.1 Å². The van der Waals surface area contributed by atoms with E-state index in [1.807, 2.05) is 50.2 Å². The maximum absolute atomic E-state index is 13.5. The van der Waals surface area contributed by atoms with Crippen LogP contribution in [0.1, 0.15) is 40.5 Å². The molecule has 1 aliphatic heterocycles. The van der Waals surface area contributed by atoms with Crippen LogP contribution in [0.5, 0.6) is 5.75 Å². The summed E-state index contributed by atoms with van der Waals surface area (Å²) in [5.74, 6) is 1.82. The molecule has 1 aliphatic rings. The standard InChI is InChI=1S/C26H22FN7O2/c1-15-25-21(18-6-4-8-20(12-18)36-14-17-5-3-7-19(27)11-17)13-24(35)28-26(25)34(31-15)23-10-9-22-30-29-16(2)33(22)32-23/h3-12,21H,13-14H2,1-2H3,(H,28,35)/t21-/m0/s1. The van der Waals surface area contributed by atoms with E-state index in [0.717, 1.165) is 22.4 Å². The van der Waals surface area contributed by atoms with Crippen LogP contribution < -0.4 is 10.1 Å². The molecule has 1 atom stereocenters. The Kier molecular flexibility index (Phi) is 5.21. The number of rotatable bonds is 5. The molecule has 2 aromatic carbocycles. The number of nitrogens with one attached hydrogen (secondary N) is 1. The van der Waals surface area contributed by atoms with E-state index in [9.17, 15) is 9.18 Å². The second-order valence-corrected chi connectivity index (χ2v) is 8.76. The summed E-state index contributed by atoms with van der Waals surface area (Å²) >= 11 is 0. The average molecular weight is 484 g/mol. The minimum absolute atomic E-state index is 0.110. The minimum Gasteiger partial charge on any atom is -0.489 e. The first-order valence-electron chi connectivity index (χ1n) is 11.5. The van der Waals surface area contributed by atoms with Crippen LogP contribution in [0, 0.1) is 19.7 Å². The van der Waals surface area contributed by atoms with Gasteiger partial charge in [0, 0.05) is 17.9 Å². The number of carbonyl (C=O) groups is 1. The molecule has 0 fully saturated rings. The highest BCUT2D eigenvalue weighted by Gasteiger charge is 2.33. The fraction of sp³-hybridized carbons (Fsp3) is 0.192. The SMILES string of the molecule is Cc1nn(-c2ccc3nnc(C)n3n2)c2c1[C@H](c1cccc(OCc3cccc(F)c3)c1)CC(=O)N2. The average Bonchev–Trinajstić information content (AvgIpc) is 3.41. The van der Waals surface area contributed by atoms with Crippen molar-refractivity contribution in [3.8, 4) is 11.6 Å². The molecule has 6 rings (SSSR count). The maximum atomic E-state index is 13.5. The lowest BCUT2D eigenvalue weighted by Gasteiger charge is -2.24. The van der Waals surface area contributed by atoms with Crippen LogP contribution >= 0.6 is 0 Å². The normalized spacial score (nSPS) is 15.1. The van der Waals surface area contributed by atoms with Gasteiger partial charge in [-0.2, -0.15) is 14.3 Å². The molecule has 5 aromatic rings. The number of nitrogens with zero attached hydrogens (tertiary/aromatic N) is 6. The number of halogens is 1. The maximum Gasteiger partial charge on any atom is 0.226 e. The van der Waals surface area contributed by atoms with Gasteiger partial charge in [-0.05, 0) is 61.4 Å². The summed E-state index contributed by atoms with van der Waals surface area (Å²) < 4.78 is 22.7. The Morgan fingerprint density at radius 2 is 1.92 bits per heavy atom. The number of benzene rings is 2. The molecular formula is C26H22FN7O2. The molecule has 10 heteroatoms. The topological polar surface area (TPSA) is 99.2 Å². The summed E-state index contributed by atoms with van der Waals surface area (Å²) in [5, 5.41) is 20.5. The van der Waals surface area contributed by atoms with E-state index < -0.39 is 0 Å². The lowest BCUT2D eigenvalue weighted by atomic mass is 9.86. The number of aryl methyl sites for hydroxylation is 2. The molecule has 180 valence electrons. The predicted molar refractivity (Wildman–Crippen MR) is 130 cm³/mol. The van der Waals surface area contributed by atoms with Gasteiger partial charge in [0.15, 0.2) is 17.3 Å². The fourth-order valence-corrected chi connectivity index (χ4v) is 4.61. The molecule has 1 N–H and O–H groups in total. The number of hydrogen-bond donors (Lipinski definition) is 1. The summed E-state index contributed by atoms with van der Waals surface area (Å²) in [6, 6.07) is 17.6. The van der Waals surface area contributed by atoms with Gasteiger partial charge in [-0.1, -0.05) is 24.3 Å². The molecule has 0 bridgehead atoms. The zero-order valence-corrected chi connectivity index (χ0v) is 19.6. The highest BCUT2D eigenvalue weighted by molar-refractivity contribution is 5.95. The van der Waals surface area contributed by atoms with Gasteiger partial charge >= 0.3 is 0 Å². The number of anilines is 1. The first kappa shape index (κ1) is 21.9. The van der Waals surface area contributed by atoms with E-state index in [1.54, 1.807) is 21.3 Å². The van der Waals surface area contributed by atoms with Crippen molar-refractivity contribution in [1.82, 2.24) is 29.6 Å². The third-order valence-electron chi connectivity index (χ3n) is 6.28. The largest absolute Gasteiger partial charge is 0.489 e. The van der Waals surface area contributed by atoms with E-state index in [1.165, 1.54) is 12.1 Å². The molecule has 0 aliphatic carbocycles. The van der Waals surface area contributed by atoms with E-state index >= 15 is 0 Å². The van der Waals surface area contributed by atoms with Gasteiger partial charge in [-0.25, -0.2) is 4.39 Å². The van der Waals surface area contributed by atoms with Gasteiger partial charge in [0.2, 0.25) is 5.91 Å². The molecule has 0 radical (unpaired) electrons. The summed E-state index contributed by atoms with van der Waals surface area (Å²) in [6.07, 6.45) is 0.282. The van der Waals surface area contributed by atoms with Crippen molar-refractivity contribution >= 4 is 17.4 Å². The van der Waals surface area contributed by atoms with Crippen LogP contribution in [0.2, 0.25) is 0 Å². The Bertz CT molecular complexity index is 1620. The molecule has 3 aromatic heterocycles. The summed E-state index contributed by atoms with van der Waals surface area (Å²) in [7, 11) is 0. The number of ether oxygens (including phenoxy) is 1. The first-order chi connectivity index (χ1) is 17.5. The Hall–Kier alpha value is -4.60. The van der Waals surface area contributed by atoms with E-state index in [0.29, 0.717) is 28.9 Å². The number of fused-ring (bicyclic) bond motifs is 2. The van der Waals surface area contributed by atoms with Crippen molar-refractivity contribution in [1.29, 1.82) is 0 Å². The lowest BCUT2D eigenvalue weighted by molar-refractivity contribution is -0.116. The molecule has 9 nitrogen and oxygen atoms in total. The Morgan fingerprint density at radius 1 is 1.06 bits per heavy atom. The second-order valence-electron chi connectivity index (χ2n) is 8.76. The highest BCUT2D eigenvalue weighted by Crippen LogP contribution is 2.40. The minimum atomic E-state index is -0.300. The van der Waals surface area contributed by atoms with Crippen LogP contribution in [-0.4, -0.2) is 35.5 Å². The van der Waals surface area contributed by atoms with Gasteiger partial charge in [-0.3, -0.25) is 4.79 Å². The predicted octanol–water partition coefficient (Wildman–Crippen LogP) is 4.12. The molecule has 36 heavy (non-hydrogen) atoms. The van der Waals surface area contributed by atoms with Crippen LogP contribution in [0.15, 0.2) is 60.7 Å². The number of hydrogen-bond acceptors (Lipinski definition) is 6. The van der Waals surface area contributed by atoms with E-state index in [-0.39, 0.29) is 30.7 Å². The van der Waals surface area contributed by atoms with Gasteiger partial charge in [0.1, 0.15) is 24.0 Å². The lowest BCUT2D eigenvalue weighted by Crippen LogP contribution is -2.25. The number of amides is 1. The van der Waals surface area contributed by atoms with Crippen molar-refractivity contribution in [2.45, 2.75) is 32.8 Å². The van der Waals surface area contributed by atoms with Crippen LogP contribution in [0.25, 0.3) is 11.5 Å². The Labute approximate surface area is 205 Å². The summed E-state index contributed by atoms with van der Waals surface area (Å²) in [4.78, 5) is 12.8. The Morgan fingerprint density at radius 3 is 2.78 bits per heavy atom. The number of aromatic nitrogens is 6. The Balaban J connectivity index is 1.35. The van der Waals surface area contributed by atoms with Crippen LogP contribution in [0.4, 0.5) is 10.2 Å². The summed E-state index contributed by atoms with van der Waals surface area (Å²) in [5.41, 5.74) is 4.03. The molecule has 0 saturated carbocycles. The third kappa shape index (κ3) is 3.86. The molecule has 0 spiro atoms. The van der Waals surface area contributed by atoms with Gasteiger partial charge in [0.05, 0.1) is 5.69 Å².